The van der Waals surface area contributed by atoms with Gasteiger partial charge in [0, 0.05) is 20.1 Å². The van der Waals surface area contributed by atoms with Crippen molar-refractivity contribution in [2.24, 2.45) is 0 Å². The highest BCUT2D eigenvalue weighted by Crippen LogP contribution is 1.94. The molecule has 0 aromatic carbocycles. The van der Waals surface area contributed by atoms with Gasteiger partial charge >= 0.3 is 5.97 Å². The summed E-state index contributed by atoms with van der Waals surface area (Å²) in [7, 11) is 1.31. The summed E-state index contributed by atoms with van der Waals surface area (Å²) in [5, 5.41) is 5.67. The van der Waals surface area contributed by atoms with Gasteiger partial charge in [-0.3, -0.25) is 4.79 Å². The first-order valence-electron chi connectivity index (χ1n) is 6.64. The number of carbonyl (C=O) groups excluding carboxylic acids is 2. The summed E-state index contributed by atoms with van der Waals surface area (Å²) in [5.41, 5.74) is 0. The third-order valence-electron chi connectivity index (χ3n) is 2.41. The average Bonchev–Trinajstić information content (AvgIpc) is 2.34. The second kappa shape index (κ2) is 10.8. The number of methoxy groups -OCH3 is 1. The van der Waals surface area contributed by atoms with E-state index >= 15 is 0 Å². The van der Waals surface area contributed by atoms with Crippen LogP contribution in [0.4, 0.5) is 0 Å². The highest BCUT2D eigenvalue weighted by molar-refractivity contribution is 5.83. The van der Waals surface area contributed by atoms with E-state index < -0.39 is 12.0 Å². The van der Waals surface area contributed by atoms with Crippen LogP contribution in [0.3, 0.4) is 0 Å². The van der Waals surface area contributed by atoms with Crippen molar-refractivity contribution >= 4 is 11.9 Å². The first-order chi connectivity index (χ1) is 8.97. The quantitative estimate of drug-likeness (QED) is 0.447. The molecule has 0 saturated heterocycles. The second-order valence-corrected chi connectivity index (χ2v) is 4.61. The van der Waals surface area contributed by atoms with Crippen molar-refractivity contribution in [2.45, 2.75) is 45.8 Å². The molecule has 0 saturated carbocycles. The van der Waals surface area contributed by atoms with Gasteiger partial charge in [0.05, 0.1) is 13.2 Å². The van der Waals surface area contributed by atoms with E-state index in [1.54, 1.807) is 0 Å². The van der Waals surface area contributed by atoms with E-state index in [2.05, 4.69) is 15.4 Å². The minimum absolute atomic E-state index is 0.248. The fourth-order valence-electron chi connectivity index (χ4n) is 1.50. The van der Waals surface area contributed by atoms with Gasteiger partial charge in [0.25, 0.3) is 0 Å². The Morgan fingerprint density at radius 3 is 2.42 bits per heavy atom. The zero-order valence-corrected chi connectivity index (χ0v) is 12.3. The van der Waals surface area contributed by atoms with Gasteiger partial charge in [0.1, 0.15) is 6.04 Å². The smallest absolute Gasteiger partial charge is 0.329 e. The third-order valence-corrected chi connectivity index (χ3v) is 2.41. The molecule has 0 aliphatic heterocycles. The first-order valence-corrected chi connectivity index (χ1v) is 6.64. The molecule has 2 N–H and O–H groups in total. The van der Waals surface area contributed by atoms with Crippen LogP contribution < -0.4 is 10.6 Å². The van der Waals surface area contributed by atoms with Gasteiger partial charge in [-0.25, -0.2) is 4.79 Å². The maximum Gasteiger partial charge on any atom is 0.329 e. The SMILES string of the molecule is COC(=O)C(CNCCCCOC(C)C)NC(C)=O. The van der Waals surface area contributed by atoms with Crippen LogP contribution in [0.5, 0.6) is 0 Å². The van der Waals surface area contributed by atoms with E-state index in [9.17, 15) is 9.59 Å². The molecule has 0 rings (SSSR count). The Hall–Kier alpha value is -1.14. The summed E-state index contributed by atoms with van der Waals surface area (Å²) in [6, 6.07) is -0.630. The molecule has 1 atom stereocenters. The number of nitrogens with one attached hydrogen (secondary N) is 2. The Kier molecular flexibility index (Phi) is 10.1. The lowest BCUT2D eigenvalue weighted by Crippen LogP contribution is -2.47. The largest absolute Gasteiger partial charge is 0.467 e. The molecule has 0 aromatic rings. The van der Waals surface area contributed by atoms with E-state index in [-0.39, 0.29) is 12.0 Å². The molecule has 19 heavy (non-hydrogen) atoms. The van der Waals surface area contributed by atoms with E-state index in [1.165, 1.54) is 14.0 Å². The van der Waals surface area contributed by atoms with E-state index in [1.807, 2.05) is 13.8 Å². The zero-order valence-electron chi connectivity index (χ0n) is 12.3. The fourth-order valence-corrected chi connectivity index (χ4v) is 1.50. The first kappa shape index (κ1) is 17.9. The number of carbonyl (C=O) groups is 2. The topological polar surface area (TPSA) is 76.7 Å². The van der Waals surface area contributed by atoms with E-state index in [0.717, 1.165) is 26.0 Å². The molecular weight excluding hydrogens is 248 g/mol. The van der Waals surface area contributed by atoms with Crippen LogP contribution in [-0.2, 0) is 19.1 Å². The standard InChI is InChI=1S/C13H26N2O4/c1-10(2)19-8-6-5-7-14-9-12(13(17)18-4)15-11(3)16/h10,12,14H,5-9H2,1-4H3,(H,15,16). The van der Waals surface area contributed by atoms with Crippen molar-refractivity contribution in [3.8, 4) is 0 Å². The molecule has 0 spiro atoms. The van der Waals surface area contributed by atoms with E-state index in [0.29, 0.717) is 6.54 Å². The molecule has 1 unspecified atom stereocenters. The summed E-state index contributed by atoms with van der Waals surface area (Å²) in [4.78, 5) is 22.3. The monoisotopic (exact) mass is 274 g/mol. The molecule has 0 aliphatic carbocycles. The Labute approximate surface area is 115 Å². The molecule has 0 aliphatic rings. The molecule has 0 aromatic heterocycles. The van der Waals surface area contributed by atoms with Crippen LogP contribution in [0.1, 0.15) is 33.6 Å². The van der Waals surface area contributed by atoms with Crippen LogP contribution in [-0.4, -0.2) is 50.8 Å². The van der Waals surface area contributed by atoms with Crippen LogP contribution in [0.2, 0.25) is 0 Å². The lowest BCUT2D eigenvalue weighted by Gasteiger charge is -2.16. The normalized spacial score (nSPS) is 12.3. The fraction of sp³-hybridized carbons (Fsp3) is 0.846. The Morgan fingerprint density at radius 2 is 1.89 bits per heavy atom. The van der Waals surface area contributed by atoms with E-state index in [4.69, 9.17) is 4.74 Å². The molecule has 6 nitrogen and oxygen atoms in total. The molecule has 0 fully saturated rings. The van der Waals surface area contributed by atoms with Crippen molar-refractivity contribution in [1.29, 1.82) is 0 Å². The van der Waals surface area contributed by atoms with Gasteiger partial charge in [-0.05, 0) is 33.2 Å². The highest BCUT2D eigenvalue weighted by Gasteiger charge is 2.19. The van der Waals surface area contributed by atoms with Crippen molar-refractivity contribution < 1.29 is 19.1 Å². The lowest BCUT2D eigenvalue weighted by molar-refractivity contribution is -0.144. The number of hydrogen-bond acceptors (Lipinski definition) is 5. The summed E-state index contributed by atoms with van der Waals surface area (Å²) in [6.45, 7) is 7.27. The summed E-state index contributed by atoms with van der Waals surface area (Å²) >= 11 is 0. The van der Waals surface area contributed by atoms with Gasteiger partial charge in [-0.15, -0.1) is 0 Å². The predicted molar refractivity (Wildman–Crippen MR) is 72.8 cm³/mol. The van der Waals surface area contributed by atoms with Gasteiger partial charge in [0.15, 0.2) is 0 Å². The summed E-state index contributed by atoms with van der Waals surface area (Å²) < 4.78 is 10.0. The highest BCUT2D eigenvalue weighted by atomic mass is 16.5. The minimum Gasteiger partial charge on any atom is -0.467 e. The molecule has 0 radical (unpaired) electrons. The van der Waals surface area contributed by atoms with Crippen LogP contribution in [0.15, 0.2) is 0 Å². The Bertz CT molecular complexity index is 269. The zero-order chi connectivity index (χ0) is 14.7. The second-order valence-electron chi connectivity index (χ2n) is 4.61. The number of amides is 1. The maximum atomic E-state index is 11.4. The number of rotatable bonds is 10. The molecule has 0 heterocycles. The number of unbranched alkanes of at least 4 members (excludes halogenated alkanes) is 1. The number of ether oxygens (including phenoxy) is 2. The van der Waals surface area contributed by atoms with Crippen LogP contribution in [0, 0.1) is 0 Å². The van der Waals surface area contributed by atoms with Crippen LogP contribution in [0.25, 0.3) is 0 Å². The van der Waals surface area contributed by atoms with Gasteiger partial charge in [-0.2, -0.15) is 0 Å². The predicted octanol–water partition coefficient (Wildman–Crippen LogP) is 0.459. The van der Waals surface area contributed by atoms with Crippen molar-refractivity contribution in [2.75, 3.05) is 26.8 Å². The average molecular weight is 274 g/mol. The van der Waals surface area contributed by atoms with Crippen molar-refractivity contribution in [3.63, 3.8) is 0 Å². The number of hydrogen-bond donors (Lipinski definition) is 2. The molecular formula is C13H26N2O4. The molecule has 112 valence electrons. The van der Waals surface area contributed by atoms with Crippen molar-refractivity contribution in [1.82, 2.24) is 10.6 Å². The molecule has 1 amide bonds. The van der Waals surface area contributed by atoms with Crippen molar-refractivity contribution in [3.05, 3.63) is 0 Å². The maximum absolute atomic E-state index is 11.4. The molecule has 0 bridgehead atoms. The molecule has 6 heteroatoms. The third kappa shape index (κ3) is 10.5. The summed E-state index contributed by atoms with van der Waals surface area (Å²) in [6.07, 6.45) is 2.19. The Morgan fingerprint density at radius 1 is 1.21 bits per heavy atom. The minimum atomic E-state index is -0.630. The summed E-state index contributed by atoms with van der Waals surface area (Å²) in [5.74, 6) is -0.687. The van der Waals surface area contributed by atoms with Gasteiger partial charge in [-0.1, -0.05) is 0 Å². The lowest BCUT2D eigenvalue weighted by atomic mass is 10.2. The van der Waals surface area contributed by atoms with Gasteiger partial charge < -0.3 is 20.1 Å². The number of esters is 1. The van der Waals surface area contributed by atoms with Gasteiger partial charge in [0.2, 0.25) is 5.91 Å². The Balaban J connectivity index is 3.69. The van der Waals surface area contributed by atoms with Crippen LogP contribution >= 0.6 is 0 Å².